The highest BCUT2D eigenvalue weighted by Gasteiger charge is 2.44. The van der Waals surface area contributed by atoms with Crippen LogP contribution in [-0.4, -0.2) is 19.0 Å². The number of guanidine groups is 1. The minimum atomic E-state index is -0.185. The number of benzene rings is 1. The standard InChI is InChI=1S/C17H20FN3S.HI/c18-14-4-1-3-13(11-14)17(7-8-17)12-21-16(19)20-9-6-15-5-2-10-22-15;/h1-5,10-11H,6-9,12H2,(H3,19,20,21);1H. The fourth-order valence-electron chi connectivity index (χ4n) is 2.57. The molecule has 1 aliphatic rings. The molecule has 1 fully saturated rings. The molecule has 1 aromatic carbocycles. The summed E-state index contributed by atoms with van der Waals surface area (Å²) in [6.07, 6.45) is 3.04. The van der Waals surface area contributed by atoms with Gasteiger partial charge < -0.3 is 11.1 Å². The summed E-state index contributed by atoms with van der Waals surface area (Å²) < 4.78 is 13.4. The van der Waals surface area contributed by atoms with Crippen LogP contribution in [0.3, 0.4) is 0 Å². The normalized spacial score (nSPS) is 15.8. The third-order valence-electron chi connectivity index (χ3n) is 4.10. The van der Waals surface area contributed by atoms with E-state index in [4.69, 9.17) is 5.73 Å². The molecule has 3 nitrogen and oxygen atoms in total. The van der Waals surface area contributed by atoms with Gasteiger partial charge in [-0.1, -0.05) is 18.2 Å². The van der Waals surface area contributed by atoms with Crippen LogP contribution in [0.5, 0.6) is 0 Å². The minimum Gasteiger partial charge on any atom is -0.370 e. The molecule has 0 radical (unpaired) electrons. The number of halogens is 2. The van der Waals surface area contributed by atoms with Crippen molar-refractivity contribution in [2.24, 2.45) is 10.7 Å². The van der Waals surface area contributed by atoms with Gasteiger partial charge in [0.25, 0.3) is 0 Å². The van der Waals surface area contributed by atoms with Gasteiger partial charge in [-0.25, -0.2) is 4.39 Å². The summed E-state index contributed by atoms with van der Waals surface area (Å²) in [6.45, 7) is 1.40. The fourth-order valence-corrected chi connectivity index (χ4v) is 3.28. The molecule has 0 unspecified atom stereocenters. The number of hydrogen-bond donors (Lipinski definition) is 2. The number of nitrogens with one attached hydrogen (secondary N) is 1. The van der Waals surface area contributed by atoms with E-state index in [1.807, 2.05) is 12.1 Å². The molecule has 0 bridgehead atoms. The molecule has 23 heavy (non-hydrogen) atoms. The molecule has 1 aromatic heterocycles. The third-order valence-corrected chi connectivity index (χ3v) is 5.04. The Kier molecular flexibility index (Phi) is 6.41. The maximum absolute atomic E-state index is 13.4. The first-order valence-electron chi connectivity index (χ1n) is 7.50. The van der Waals surface area contributed by atoms with Gasteiger partial charge in [-0.3, -0.25) is 4.99 Å². The van der Waals surface area contributed by atoms with Crippen LogP contribution in [-0.2, 0) is 11.8 Å². The Balaban J connectivity index is 0.00000192. The highest BCUT2D eigenvalue weighted by Crippen LogP contribution is 2.48. The van der Waals surface area contributed by atoms with Crippen molar-refractivity contribution in [1.29, 1.82) is 0 Å². The Bertz CT molecular complexity index is 654. The van der Waals surface area contributed by atoms with Crippen LogP contribution in [0, 0.1) is 5.82 Å². The van der Waals surface area contributed by atoms with Gasteiger partial charge in [-0.05, 0) is 48.4 Å². The molecule has 2 aromatic rings. The number of rotatable bonds is 6. The molecule has 3 N–H and O–H groups in total. The van der Waals surface area contributed by atoms with Gasteiger partial charge >= 0.3 is 0 Å². The molecule has 6 heteroatoms. The Hall–Kier alpha value is -1.15. The average molecular weight is 445 g/mol. The van der Waals surface area contributed by atoms with Crippen LogP contribution in [0.15, 0.2) is 46.8 Å². The number of nitrogens with two attached hydrogens (primary N) is 1. The van der Waals surface area contributed by atoms with E-state index >= 15 is 0 Å². The zero-order valence-corrected chi connectivity index (χ0v) is 15.9. The van der Waals surface area contributed by atoms with E-state index < -0.39 is 0 Å². The molecule has 0 spiro atoms. The van der Waals surface area contributed by atoms with Gasteiger partial charge in [0.05, 0.1) is 6.54 Å². The minimum absolute atomic E-state index is 0. The summed E-state index contributed by atoms with van der Waals surface area (Å²) >= 11 is 1.74. The van der Waals surface area contributed by atoms with E-state index in [2.05, 4.69) is 21.8 Å². The Labute approximate surface area is 157 Å². The lowest BCUT2D eigenvalue weighted by molar-refractivity contribution is 0.616. The molecule has 3 rings (SSSR count). The number of aliphatic imine (C=N–C) groups is 1. The van der Waals surface area contributed by atoms with Crippen LogP contribution < -0.4 is 11.1 Å². The second kappa shape index (κ2) is 8.10. The molecular weight excluding hydrogens is 424 g/mol. The van der Waals surface area contributed by atoms with Gasteiger partial charge in [-0.15, -0.1) is 35.3 Å². The summed E-state index contributed by atoms with van der Waals surface area (Å²) in [6, 6.07) is 11.0. The lowest BCUT2D eigenvalue weighted by Gasteiger charge is -2.14. The van der Waals surface area contributed by atoms with Crippen LogP contribution in [0.4, 0.5) is 4.39 Å². The van der Waals surface area contributed by atoms with Crippen molar-refractivity contribution in [2.45, 2.75) is 24.7 Å². The maximum atomic E-state index is 13.4. The monoisotopic (exact) mass is 445 g/mol. The van der Waals surface area contributed by atoms with E-state index in [0.717, 1.165) is 31.4 Å². The van der Waals surface area contributed by atoms with Crippen molar-refractivity contribution in [3.05, 3.63) is 58.0 Å². The SMILES string of the molecule is I.NC(=NCC1(c2cccc(F)c2)CC1)NCCc1cccs1. The first kappa shape index (κ1) is 18.2. The van der Waals surface area contributed by atoms with Crippen molar-refractivity contribution < 1.29 is 4.39 Å². The van der Waals surface area contributed by atoms with Gasteiger partial charge in [0.1, 0.15) is 5.82 Å². The molecule has 0 aliphatic heterocycles. The number of thiophene rings is 1. The van der Waals surface area contributed by atoms with Gasteiger partial charge in [0, 0.05) is 16.8 Å². The predicted molar refractivity (Wildman–Crippen MR) is 105 cm³/mol. The summed E-state index contributed by atoms with van der Waals surface area (Å²) in [7, 11) is 0. The molecule has 0 amide bonds. The average Bonchev–Trinajstić information content (AvgIpc) is 3.14. The Morgan fingerprint density at radius 1 is 1.30 bits per heavy atom. The lowest BCUT2D eigenvalue weighted by Crippen LogP contribution is -2.34. The summed E-state index contributed by atoms with van der Waals surface area (Å²) in [5.74, 6) is 0.286. The highest BCUT2D eigenvalue weighted by molar-refractivity contribution is 14.0. The quantitative estimate of drug-likeness (QED) is 0.405. The fraction of sp³-hybridized carbons (Fsp3) is 0.353. The number of hydrogen-bond acceptors (Lipinski definition) is 2. The highest BCUT2D eigenvalue weighted by atomic mass is 127. The predicted octanol–water partition coefficient (Wildman–Crippen LogP) is 3.68. The number of nitrogens with zero attached hydrogens (tertiary/aromatic N) is 1. The van der Waals surface area contributed by atoms with Crippen molar-refractivity contribution >= 4 is 41.3 Å². The second-order valence-corrected chi connectivity index (χ2v) is 6.78. The van der Waals surface area contributed by atoms with Gasteiger partial charge in [0.2, 0.25) is 0 Å². The molecule has 0 atom stereocenters. The first-order valence-corrected chi connectivity index (χ1v) is 8.38. The van der Waals surface area contributed by atoms with Crippen molar-refractivity contribution in [3.8, 4) is 0 Å². The van der Waals surface area contributed by atoms with E-state index in [1.54, 1.807) is 23.5 Å². The van der Waals surface area contributed by atoms with Crippen molar-refractivity contribution in [1.82, 2.24) is 5.32 Å². The van der Waals surface area contributed by atoms with Crippen LogP contribution in [0.25, 0.3) is 0 Å². The summed E-state index contributed by atoms with van der Waals surface area (Å²) in [4.78, 5) is 5.78. The zero-order chi connectivity index (χ0) is 15.4. The molecule has 1 heterocycles. The van der Waals surface area contributed by atoms with E-state index in [-0.39, 0.29) is 35.2 Å². The third kappa shape index (κ3) is 4.91. The summed E-state index contributed by atoms with van der Waals surface area (Å²) in [5.41, 5.74) is 6.94. The van der Waals surface area contributed by atoms with E-state index in [1.165, 1.54) is 10.9 Å². The van der Waals surface area contributed by atoms with E-state index in [0.29, 0.717) is 12.5 Å². The topological polar surface area (TPSA) is 50.4 Å². The molecule has 1 aliphatic carbocycles. The molecule has 124 valence electrons. The van der Waals surface area contributed by atoms with Crippen molar-refractivity contribution in [2.75, 3.05) is 13.1 Å². The summed E-state index contributed by atoms with van der Waals surface area (Å²) in [5, 5.41) is 5.22. The molecular formula is C17H21FIN3S. The van der Waals surface area contributed by atoms with Gasteiger partial charge in [0.15, 0.2) is 5.96 Å². The van der Waals surface area contributed by atoms with Crippen molar-refractivity contribution in [3.63, 3.8) is 0 Å². The Morgan fingerprint density at radius 3 is 2.78 bits per heavy atom. The van der Waals surface area contributed by atoms with Crippen LogP contribution in [0.1, 0.15) is 23.3 Å². The largest absolute Gasteiger partial charge is 0.370 e. The molecule has 0 saturated heterocycles. The van der Waals surface area contributed by atoms with Crippen LogP contribution in [0.2, 0.25) is 0 Å². The first-order chi connectivity index (χ1) is 10.7. The maximum Gasteiger partial charge on any atom is 0.188 e. The van der Waals surface area contributed by atoms with E-state index in [9.17, 15) is 4.39 Å². The van der Waals surface area contributed by atoms with Crippen LogP contribution >= 0.6 is 35.3 Å². The smallest absolute Gasteiger partial charge is 0.188 e. The molecule has 1 saturated carbocycles. The Morgan fingerprint density at radius 2 is 2.13 bits per heavy atom. The zero-order valence-electron chi connectivity index (χ0n) is 12.8. The lowest BCUT2D eigenvalue weighted by atomic mass is 9.96. The second-order valence-electron chi connectivity index (χ2n) is 5.75. The van der Waals surface area contributed by atoms with Gasteiger partial charge in [-0.2, -0.15) is 0 Å².